The summed E-state index contributed by atoms with van der Waals surface area (Å²) in [5.74, 6) is 5.53. The second-order valence-corrected chi connectivity index (χ2v) is 4.56. The molecule has 2 aromatic heterocycles. The van der Waals surface area contributed by atoms with E-state index in [2.05, 4.69) is 20.7 Å². The Bertz CT molecular complexity index is 554. The van der Waals surface area contributed by atoms with Gasteiger partial charge in [0.05, 0.1) is 17.7 Å². The molecule has 0 fully saturated rings. The van der Waals surface area contributed by atoms with Gasteiger partial charge < -0.3 is 10.7 Å². The highest BCUT2D eigenvalue weighted by Crippen LogP contribution is 2.12. The molecule has 2 rings (SSSR count). The largest absolute Gasteiger partial charge is 0.347 e. The van der Waals surface area contributed by atoms with Gasteiger partial charge in [-0.25, -0.2) is 15.8 Å². The lowest BCUT2D eigenvalue weighted by Gasteiger charge is -2.05. The number of hydrogen-bond donors (Lipinski definition) is 3. The van der Waals surface area contributed by atoms with Gasteiger partial charge in [-0.1, -0.05) is 0 Å². The number of anilines is 1. The molecule has 7 heteroatoms. The number of rotatable bonds is 4. The normalized spacial score (nSPS) is 10.1. The van der Waals surface area contributed by atoms with Crippen LogP contribution in [0.3, 0.4) is 0 Å². The third-order valence-electron chi connectivity index (χ3n) is 2.42. The van der Waals surface area contributed by atoms with Crippen molar-refractivity contribution in [3.05, 3.63) is 40.0 Å². The molecule has 0 spiro atoms. The second kappa shape index (κ2) is 5.56. The number of nitrogen functional groups attached to an aromatic ring is 1. The topological polar surface area (TPSA) is 92.9 Å². The SMILES string of the molecule is Cc1ncsc1CNC(=O)c1ccnc(NN)c1. The lowest BCUT2D eigenvalue weighted by atomic mass is 10.2. The molecule has 0 saturated heterocycles. The zero-order valence-electron chi connectivity index (χ0n) is 9.80. The van der Waals surface area contributed by atoms with Crippen molar-refractivity contribution in [1.82, 2.24) is 15.3 Å². The lowest BCUT2D eigenvalue weighted by Crippen LogP contribution is -2.23. The first-order valence-electron chi connectivity index (χ1n) is 5.30. The van der Waals surface area contributed by atoms with E-state index in [1.807, 2.05) is 6.92 Å². The molecule has 0 atom stereocenters. The molecule has 0 aromatic carbocycles. The van der Waals surface area contributed by atoms with E-state index in [4.69, 9.17) is 5.84 Å². The van der Waals surface area contributed by atoms with Crippen LogP contribution in [0.4, 0.5) is 5.82 Å². The minimum atomic E-state index is -0.165. The van der Waals surface area contributed by atoms with E-state index in [9.17, 15) is 4.79 Å². The number of hydrazine groups is 1. The molecule has 0 aliphatic rings. The summed E-state index contributed by atoms with van der Waals surface area (Å²) in [6, 6.07) is 3.23. The molecule has 18 heavy (non-hydrogen) atoms. The van der Waals surface area contributed by atoms with Crippen LogP contribution in [0.5, 0.6) is 0 Å². The number of nitrogens with zero attached hydrogens (tertiary/aromatic N) is 2. The number of hydrogen-bond acceptors (Lipinski definition) is 6. The predicted molar refractivity (Wildman–Crippen MR) is 70.1 cm³/mol. The summed E-state index contributed by atoms with van der Waals surface area (Å²) in [6.45, 7) is 2.39. The number of thiazole rings is 1. The third kappa shape index (κ3) is 2.82. The van der Waals surface area contributed by atoms with E-state index in [1.54, 1.807) is 17.6 Å². The van der Waals surface area contributed by atoms with Gasteiger partial charge in [0.25, 0.3) is 5.91 Å². The molecule has 2 aromatic rings. The van der Waals surface area contributed by atoms with Gasteiger partial charge in [-0.05, 0) is 19.1 Å². The molecule has 0 unspecified atom stereocenters. The maximum absolute atomic E-state index is 11.9. The molecule has 0 aliphatic carbocycles. The van der Waals surface area contributed by atoms with Gasteiger partial charge in [-0.2, -0.15) is 0 Å². The summed E-state index contributed by atoms with van der Waals surface area (Å²) in [6.07, 6.45) is 1.53. The minimum absolute atomic E-state index is 0.165. The first-order chi connectivity index (χ1) is 8.70. The summed E-state index contributed by atoms with van der Waals surface area (Å²) < 4.78 is 0. The number of amides is 1. The number of pyridine rings is 1. The fourth-order valence-electron chi connectivity index (χ4n) is 1.41. The molecule has 6 nitrogen and oxygen atoms in total. The first-order valence-corrected chi connectivity index (χ1v) is 6.18. The van der Waals surface area contributed by atoms with E-state index in [0.717, 1.165) is 10.6 Å². The lowest BCUT2D eigenvalue weighted by molar-refractivity contribution is 0.0951. The molecular formula is C11H13N5OS. The van der Waals surface area contributed by atoms with E-state index in [0.29, 0.717) is 17.9 Å². The zero-order valence-corrected chi connectivity index (χ0v) is 10.6. The van der Waals surface area contributed by atoms with Crippen molar-refractivity contribution in [3.8, 4) is 0 Å². The van der Waals surface area contributed by atoms with Gasteiger partial charge in [0.2, 0.25) is 0 Å². The van der Waals surface area contributed by atoms with Crippen LogP contribution in [0.2, 0.25) is 0 Å². The minimum Gasteiger partial charge on any atom is -0.347 e. The summed E-state index contributed by atoms with van der Waals surface area (Å²) >= 11 is 1.52. The Labute approximate surface area is 108 Å². The van der Waals surface area contributed by atoms with Crippen LogP contribution in [0.25, 0.3) is 0 Å². The highest BCUT2D eigenvalue weighted by atomic mass is 32.1. The maximum atomic E-state index is 11.9. The maximum Gasteiger partial charge on any atom is 0.251 e. The fourth-order valence-corrected chi connectivity index (χ4v) is 2.13. The number of aromatic nitrogens is 2. The van der Waals surface area contributed by atoms with Crippen LogP contribution in [0.1, 0.15) is 20.9 Å². The van der Waals surface area contributed by atoms with E-state index >= 15 is 0 Å². The highest BCUT2D eigenvalue weighted by Gasteiger charge is 2.08. The van der Waals surface area contributed by atoms with Gasteiger partial charge in [-0.15, -0.1) is 11.3 Å². The smallest absolute Gasteiger partial charge is 0.251 e. The van der Waals surface area contributed by atoms with Gasteiger partial charge in [0, 0.05) is 16.6 Å². The van der Waals surface area contributed by atoms with Crippen LogP contribution in [-0.4, -0.2) is 15.9 Å². The molecule has 94 valence electrons. The predicted octanol–water partition coefficient (Wildman–Crippen LogP) is 1.06. The number of aryl methyl sites for hydroxylation is 1. The summed E-state index contributed by atoms with van der Waals surface area (Å²) in [4.78, 5) is 21.0. The molecule has 2 heterocycles. The average Bonchev–Trinajstić information content (AvgIpc) is 2.81. The zero-order chi connectivity index (χ0) is 13.0. The summed E-state index contributed by atoms with van der Waals surface area (Å²) in [5.41, 5.74) is 5.62. The van der Waals surface area contributed by atoms with E-state index < -0.39 is 0 Å². The van der Waals surface area contributed by atoms with Crippen LogP contribution in [-0.2, 0) is 6.54 Å². The molecule has 0 aliphatic heterocycles. The Morgan fingerprint density at radius 3 is 3.00 bits per heavy atom. The van der Waals surface area contributed by atoms with Gasteiger partial charge in [0.15, 0.2) is 0 Å². The molecule has 0 bridgehead atoms. The van der Waals surface area contributed by atoms with Crippen molar-refractivity contribution in [2.45, 2.75) is 13.5 Å². The monoisotopic (exact) mass is 263 g/mol. The Hall–Kier alpha value is -1.99. The quantitative estimate of drug-likeness (QED) is 0.566. The van der Waals surface area contributed by atoms with Gasteiger partial charge in [-0.3, -0.25) is 4.79 Å². The van der Waals surface area contributed by atoms with Crippen molar-refractivity contribution < 1.29 is 4.79 Å². The van der Waals surface area contributed by atoms with Crippen molar-refractivity contribution in [1.29, 1.82) is 0 Å². The van der Waals surface area contributed by atoms with Gasteiger partial charge in [0.1, 0.15) is 5.82 Å². The summed E-state index contributed by atoms with van der Waals surface area (Å²) in [5, 5.41) is 2.83. The van der Waals surface area contributed by atoms with E-state index in [1.165, 1.54) is 17.5 Å². The van der Waals surface area contributed by atoms with Gasteiger partial charge >= 0.3 is 0 Å². The van der Waals surface area contributed by atoms with Crippen molar-refractivity contribution >= 4 is 23.1 Å². The average molecular weight is 263 g/mol. The molecular weight excluding hydrogens is 250 g/mol. The van der Waals surface area contributed by atoms with E-state index in [-0.39, 0.29) is 5.91 Å². The standard InChI is InChI=1S/C11H13N5OS/c1-7-9(18-6-15-7)5-14-11(17)8-2-3-13-10(4-8)16-12/h2-4,6H,5,12H2,1H3,(H,13,16)(H,14,17). The summed E-state index contributed by atoms with van der Waals surface area (Å²) in [7, 11) is 0. The van der Waals surface area contributed by atoms with Crippen molar-refractivity contribution in [3.63, 3.8) is 0 Å². The van der Waals surface area contributed by atoms with Crippen molar-refractivity contribution in [2.75, 3.05) is 5.43 Å². The van der Waals surface area contributed by atoms with Crippen LogP contribution in [0.15, 0.2) is 23.8 Å². The number of carbonyl (C=O) groups is 1. The Morgan fingerprint density at radius 2 is 2.33 bits per heavy atom. The van der Waals surface area contributed by atoms with Crippen molar-refractivity contribution in [2.24, 2.45) is 5.84 Å². The second-order valence-electron chi connectivity index (χ2n) is 3.62. The number of carbonyl (C=O) groups excluding carboxylic acids is 1. The Balaban J connectivity index is 2.01. The highest BCUT2D eigenvalue weighted by molar-refractivity contribution is 7.09. The van der Waals surface area contributed by atoms with Crippen LogP contribution in [0, 0.1) is 6.92 Å². The molecule has 4 N–H and O–H groups in total. The first kappa shape index (κ1) is 12.5. The molecule has 0 radical (unpaired) electrons. The van der Waals surface area contributed by atoms with Crippen LogP contribution < -0.4 is 16.6 Å². The molecule has 1 amide bonds. The Kier molecular flexibility index (Phi) is 3.85. The molecule has 0 saturated carbocycles. The Morgan fingerprint density at radius 1 is 1.50 bits per heavy atom. The third-order valence-corrected chi connectivity index (χ3v) is 3.36. The fraction of sp³-hybridized carbons (Fsp3) is 0.182. The number of nitrogens with two attached hydrogens (primary N) is 1. The number of nitrogens with one attached hydrogen (secondary N) is 2. The van der Waals surface area contributed by atoms with Crippen LogP contribution >= 0.6 is 11.3 Å².